The molecule has 1 spiro atoms. The van der Waals surface area contributed by atoms with Crippen molar-refractivity contribution in [1.82, 2.24) is 5.32 Å². The lowest BCUT2D eigenvalue weighted by Crippen LogP contribution is -2.40. The minimum Gasteiger partial charge on any atom is -0.447 e. The number of fused-ring (bicyclic) bond motifs is 1. The van der Waals surface area contributed by atoms with Crippen molar-refractivity contribution in [2.45, 2.75) is 75.9 Å². The van der Waals surface area contributed by atoms with Crippen LogP contribution in [0.3, 0.4) is 0 Å². The maximum Gasteiger partial charge on any atom is 0.407 e. The van der Waals surface area contributed by atoms with Gasteiger partial charge in [0.25, 0.3) is 0 Å². The fraction of sp³-hybridized carbons (Fsp3) is 0.609. The molecule has 2 fully saturated rings. The second-order valence-corrected chi connectivity index (χ2v) is 8.41. The Morgan fingerprint density at radius 1 is 1.30 bits per heavy atom. The van der Waals surface area contributed by atoms with Crippen LogP contribution in [0, 0.1) is 0 Å². The molecule has 1 amide bonds. The van der Waals surface area contributed by atoms with Crippen LogP contribution in [-0.2, 0) is 22.3 Å². The van der Waals surface area contributed by atoms with E-state index < -0.39 is 0 Å². The molecule has 3 aliphatic rings. The maximum absolute atomic E-state index is 11.4. The predicted octanol–water partition coefficient (Wildman–Crippen LogP) is 4.66. The van der Waals surface area contributed by atoms with Crippen LogP contribution >= 0.6 is 0 Å². The predicted molar refractivity (Wildman–Crippen MR) is 106 cm³/mol. The SMILES string of the molecule is CCCC=CCO[C@H]1CCc2cc(C3CCC4(COC(=O)N4)C3)ccc2C1. The average molecular weight is 370 g/mol. The van der Waals surface area contributed by atoms with Gasteiger partial charge in [0.05, 0.1) is 18.2 Å². The van der Waals surface area contributed by atoms with Crippen molar-refractivity contribution in [2.24, 2.45) is 0 Å². The Kier molecular flexibility index (Phi) is 5.53. The molecule has 3 atom stereocenters. The van der Waals surface area contributed by atoms with Gasteiger partial charge in [0.1, 0.15) is 6.61 Å². The molecule has 1 N–H and O–H groups in total. The number of alkyl carbamates (subject to hydrolysis) is 1. The Morgan fingerprint density at radius 3 is 3.04 bits per heavy atom. The number of amides is 1. The third-order valence-corrected chi connectivity index (χ3v) is 6.39. The number of carbonyl (C=O) groups is 1. The minimum absolute atomic E-state index is 0.123. The molecule has 0 bridgehead atoms. The number of cyclic esters (lactones) is 1. The van der Waals surface area contributed by atoms with Crippen molar-refractivity contribution < 1.29 is 14.3 Å². The monoisotopic (exact) mass is 369 g/mol. The van der Waals surface area contributed by atoms with Crippen LogP contribution in [0.15, 0.2) is 30.4 Å². The molecule has 1 aliphatic heterocycles. The zero-order valence-electron chi connectivity index (χ0n) is 16.3. The summed E-state index contributed by atoms with van der Waals surface area (Å²) in [5, 5.41) is 3.05. The summed E-state index contributed by atoms with van der Waals surface area (Å²) in [7, 11) is 0. The third-order valence-electron chi connectivity index (χ3n) is 6.39. The van der Waals surface area contributed by atoms with Gasteiger partial charge < -0.3 is 14.8 Å². The van der Waals surface area contributed by atoms with Gasteiger partial charge in [0.15, 0.2) is 0 Å². The number of nitrogens with one attached hydrogen (secondary N) is 1. The lowest BCUT2D eigenvalue weighted by Gasteiger charge is -2.26. The molecule has 4 heteroatoms. The summed E-state index contributed by atoms with van der Waals surface area (Å²) in [6.07, 6.45) is 13.2. The first-order valence-corrected chi connectivity index (χ1v) is 10.5. The van der Waals surface area contributed by atoms with Gasteiger partial charge in [-0.2, -0.15) is 0 Å². The highest BCUT2D eigenvalue weighted by Crippen LogP contribution is 2.43. The number of hydrogen-bond acceptors (Lipinski definition) is 3. The van der Waals surface area contributed by atoms with E-state index >= 15 is 0 Å². The van der Waals surface area contributed by atoms with E-state index in [1.165, 1.54) is 23.1 Å². The summed E-state index contributed by atoms with van der Waals surface area (Å²) >= 11 is 0. The van der Waals surface area contributed by atoms with Crippen molar-refractivity contribution >= 4 is 6.09 Å². The topological polar surface area (TPSA) is 47.6 Å². The highest BCUT2D eigenvalue weighted by molar-refractivity contribution is 5.70. The van der Waals surface area contributed by atoms with Crippen molar-refractivity contribution in [3.8, 4) is 0 Å². The molecule has 1 aromatic carbocycles. The zero-order chi connectivity index (χ0) is 18.7. The lowest BCUT2D eigenvalue weighted by molar-refractivity contribution is 0.0641. The standard InChI is InChI=1S/C23H31NO3/c1-2-3-4-5-12-26-21-9-8-17-13-18(6-7-19(17)14-21)20-10-11-23(15-20)16-27-22(25)24-23/h4-7,13,20-21H,2-3,8-12,14-16H2,1H3,(H,24,25)/t20?,21-,23?/m0/s1. The Hall–Kier alpha value is -1.81. The van der Waals surface area contributed by atoms with E-state index in [1.54, 1.807) is 0 Å². The molecule has 146 valence electrons. The second-order valence-electron chi connectivity index (χ2n) is 8.41. The molecule has 4 nitrogen and oxygen atoms in total. The number of hydrogen-bond donors (Lipinski definition) is 1. The van der Waals surface area contributed by atoms with E-state index in [1.807, 2.05) is 0 Å². The number of ether oxygens (including phenoxy) is 2. The van der Waals surface area contributed by atoms with E-state index in [4.69, 9.17) is 9.47 Å². The fourth-order valence-electron chi connectivity index (χ4n) is 4.83. The number of rotatable bonds is 6. The van der Waals surface area contributed by atoms with Gasteiger partial charge >= 0.3 is 6.09 Å². The highest BCUT2D eigenvalue weighted by Gasteiger charge is 2.46. The van der Waals surface area contributed by atoms with Crippen LogP contribution in [-0.4, -0.2) is 30.9 Å². The van der Waals surface area contributed by atoms with Gasteiger partial charge in [-0.3, -0.25) is 0 Å². The van der Waals surface area contributed by atoms with E-state index in [-0.39, 0.29) is 11.6 Å². The molecule has 4 rings (SSSR count). The minimum atomic E-state index is -0.253. The summed E-state index contributed by atoms with van der Waals surface area (Å²) < 4.78 is 11.2. The molecule has 1 saturated carbocycles. The van der Waals surface area contributed by atoms with Crippen molar-refractivity contribution in [2.75, 3.05) is 13.2 Å². The second kappa shape index (κ2) is 8.05. The number of unbranched alkanes of at least 4 members (excludes halogenated alkanes) is 1. The number of benzene rings is 1. The highest BCUT2D eigenvalue weighted by atomic mass is 16.6. The normalized spacial score (nSPS) is 29.9. The third kappa shape index (κ3) is 4.21. The largest absolute Gasteiger partial charge is 0.447 e. The van der Waals surface area contributed by atoms with Gasteiger partial charge in [-0.15, -0.1) is 0 Å². The maximum atomic E-state index is 11.4. The van der Waals surface area contributed by atoms with Crippen LogP contribution in [0.25, 0.3) is 0 Å². The average Bonchev–Trinajstić information content (AvgIpc) is 3.27. The van der Waals surface area contributed by atoms with Gasteiger partial charge in [0.2, 0.25) is 0 Å². The van der Waals surface area contributed by atoms with E-state index in [2.05, 4.69) is 42.6 Å². The summed E-state index contributed by atoms with van der Waals surface area (Å²) in [6, 6.07) is 7.01. The molecule has 27 heavy (non-hydrogen) atoms. The van der Waals surface area contributed by atoms with Gasteiger partial charge in [-0.25, -0.2) is 4.79 Å². The van der Waals surface area contributed by atoms with Gasteiger partial charge in [-0.05, 0) is 67.6 Å². The van der Waals surface area contributed by atoms with Crippen molar-refractivity contribution in [3.63, 3.8) is 0 Å². The van der Waals surface area contributed by atoms with Crippen molar-refractivity contribution in [1.29, 1.82) is 0 Å². The lowest BCUT2D eigenvalue weighted by atomic mass is 9.85. The molecule has 1 saturated heterocycles. The summed E-state index contributed by atoms with van der Waals surface area (Å²) in [6.45, 7) is 3.45. The first-order valence-electron chi connectivity index (χ1n) is 10.5. The molecule has 2 unspecified atom stereocenters. The number of carbonyl (C=O) groups excluding carboxylic acids is 1. The molecule has 0 radical (unpaired) electrons. The van der Waals surface area contributed by atoms with Gasteiger partial charge in [0, 0.05) is 0 Å². The quantitative estimate of drug-likeness (QED) is 0.742. The van der Waals surface area contributed by atoms with Crippen molar-refractivity contribution in [3.05, 3.63) is 47.0 Å². The summed E-state index contributed by atoms with van der Waals surface area (Å²) in [4.78, 5) is 11.4. The van der Waals surface area contributed by atoms with E-state index in [0.29, 0.717) is 18.6 Å². The molecule has 0 aromatic heterocycles. The molecular weight excluding hydrogens is 338 g/mol. The first kappa shape index (κ1) is 18.5. The molecule has 2 aliphatic carbocycles. The Morgan fingerprint density at radius 2 is 2.22 bits per heavy atom. The van der Waals surface area contributed by atoms with Crippen LogP contribution in [0.2, 0.25) is 0 Å². The van der Waals surface area contributed by atoms with E-state index in [9.17, 15) is 4.79 Å². The number of aryl methyl sites for hydroxylation is 1. The van der Waals surface area contributed by atoms with Gasteiger partial charge in [-0.1, -0.05) is 43.7 Å². The Bertz CT molecular complexity index is 714. The zero-order valence-corrected chi connectivity index (χ0v) is 16.3. The Labute approximate surface area is 162 Å². The fourth-order valence-corrected chi connectivity index (χ4v) is 4.83. The summed E-state index contributed by atoms with van der Waals surface area (Å²) in [5.74, 6) is 0.523. The molecular formula is C23H31NO3. The van der Waals surface area contributed by atoms with Crippen LogP contribution in [0.5, 0.6) is 0 Å². The Balaban J connectivity index is 1.34. The van der Waals surface area contributed by atoms with Crippen LogP contribution < -0.4 is 5.32 Å². The first-order chi connectivity index (χ1) is 13.2. The number of allylic oxidation sites excluding steroid dienone is 1. The van der Waals surface area contributed by atoms with E-state index in [0.717, 1.165) is 51.6 Å². The summed E-state index contributed by atoms with van der Waals surface area (Å²) in [5.41, 5.74) is 4.23. The molecule has 1 heterocycles. The smallest absolute Gasteiger partial charge is 0.407 e. The van der Waals surface area contributed by atoms with Crippen LogP contribution in [0.1, 0.15) is 68.1 Å². The molecule has 1 aromatic rings. The van der Waals surface area contributed by atoms with Crippen LogP contribution in [0.4, 0.5) is 4.79 Å².